The lowest BCUT2D eigenvalue weighted by molar-refractivity contribution is -0.276. The molecule has 2 N–H and O–H groups in total. The molecule has 16 heavy (non-hydrogen) atoms. The molecule has 0 saturated heterocycles. The van der Waals surface area contributed by atoms with Crippen LogP contribution in [0.2, 0.25) is 0 Å². The van der Waals surface area contributed by atoms with Crippen LogP contribution in [-0.2, 0) is 6.54 Å². The largest absolute Gasteiger partial charge is 0.574 e. The van der Waals surface area contributed by atoms with Crippen LogP contribution in [0, 0.1) is 11.3 Å². The lowest BCUT2D eigenvalue weighted by atomic mass is 10.2. The number of nitrogens with zero attached hydrogens (tertiary/aromatic N) is 2. The molecule has 0 saturated carbocycles. The molecule has 0 aliphatic carbocycles. The molecule has 0 aliphatic rings. The van der Waals surface area contributed by atoms with Crippen LogP contribution in [0.5, 0.6) is 5.88 Å². The standard InChI is InChI=1S/C8H5BrF3N3O/c9-5-1-4(2-13)7(15-6(5)3-14)16-8(10,11)12/h1H,2,13H2. The second-order valence-electron chi connectivity index (χ2n) is 2.65. The Labute approximate surface area is 97.0 Å². The van der Waals surface area contributed by atoms with Crippen molar-refractivity contribution in [1.82, 2.24) is 4.98 Å². The quantitative estimate of drug-likeness (QED) is 0.907. The number of hydrogen-bond donors (Lipinski definition) is 1. The topological polar surface area (TPSA) is 71.9 Å². The minimum absolute atomic E-state index is 0.0585. The van der Waals surface area contributed by atoms with Crippen LogP contribution in [-0.4, -0.2) is 11.3 Å². The fourth-order valence-corrected chi connectivity index (χ4v) is 1.39. The highest BCUT2D eigenvalue weighted by atomic mass is 79.9. The summed E-state index contributed by atoms with van der Waals surface area (Å²) < 4.78 is 39.9. The molecule has 0 aliphatic heterocycles. The third-order valence-corrected chi connectivity index (χ3v) is 2.16. The molecule has 0 spiro atoms. The second kappa shape index (κ2) is 4.67. The molecule has 4 nitrogen and oxygen atoms in total. The predicted octanol–water partition coefficient (Wildman–Crippen LogP) is 2.07. The highest BCUT2D eigenvalue weighted by Gasteiger charge is 2.33. The molecule has 0 fully saturated rings. The average Bonchev–Trinajstić information content (AvgIpc) is 2.18. The molecule has 86 valence electrons. The Bertz CT molecular complexity index is 441. The summed E-state index contributed by atoms with van der Waals surface area (Å²) in [5.74, 6) is -0.699. The van der Waals surface area contributed by atoms with Crippen molar-refractivity contribution in [3.63, 3.8) is 0 Å². The van der Waals surface area contributed by atoms with Crippen LogP contribution in [0.15, 0.2) is 10.5 Å². The lowest BCUT2D eigenvalue weighted by Gasteiger charge is -2.11. The molecule has 0 radical (unpaired) electrons. The fraction of sp³-hybridized carbons (Fsp3) is 0.250. The van der Waals surface area contributed by atoms with E-state index in [1.807, 2.05) is 0 Å². The van der Waals surface area contributed by atoms with Gasteiger partial charge >= 0.3 is 6.36 Å². The number of ether oxygens (including phenoxy) is 1. The number of aromatic nitrogens is 1. The molecule has 1 aromatic heterocycles. The van der Waals surface area contributed by atoms with Crippen LogP contribution in [0.1, 0.15) is 11.3 Å². The first-order chi connectivity index (χ1) is 7.37. The monoisotopic (exact) mass is 295 g/mol. The van der Waals surface area contributed by atoms with E-state index in [-0.39, 0.29) is 22.3 Å². The number of nitrogens with two attached hydrogens (primary N) is 1. The van der Waals surface area contributed by atoms with Crippen LogP contribution < -0.4 is 10.5 Å². The van der Waals surface area contributed by atoms with Crippen LogP contribution in [0.4, 0.5) is 13.2 Å². The Morgan fingerprint density at radius 3 is 2.62 bits per heavy atom. The molecule has 1 rings (SSSR count). The summed E-state index contributed by atoms with van der Waals surface area (Å²) in [4.78, 5) is 3.42. The van der Waals surface area contributed by atoms with E-state index in [1.165, 1.54) is 6.07 Å². The summed E-state index contributed by atoms with van der Waals surface area (Å²) in [5.41, 5.74) is 5.10. The van der Waals surface area contributed by atoms with Crippen molar-refractivity contribution in [3.05, 3.63) is 21.8 Å². The average molecular weight is 296 g/mol. The Balaban J connectivity index is 3.21. The number of pyridine rings is 1. The third-order valence-electron chi connectivity index (χ3n) is 1.55. The van der Waals surface area contributed by atoms with Crippen LogP contribution in [0.25, 0.3) is 0 Å². The minimum atomic E-state index is -4.86. The molecule has 0 unspecified atom stereocenters. The third kappa shape index (κ3) is 3.08. The van der Waals surface area contributed by atoms with Gasteiger partial charge in [0.15, 0.2) is 5.69 Å². The van der Waals surface area contributed by atoms with Gasteiger partial charge in [0.2, 0.25) is 5.88 Å². The van der Waals surface area contributed by atoms with Gasteiger partial charge in [0.05, 0.1) is 4.47 Å². The number of rotatable bonds is 2. The van der Waals surface area contributed by atoms with Gasteiger partial charge in [0, 0.05) is 12.1 Å². The van der Waals surface area contributed by atoms with E-state index in [4.69, 9.17) is 11.0 Å². The van der Waals surface area contributed by atoms with Gasteiger partial charge < -0.3 is 10.5 Å². The van der Waals surface area contributed by atoms with Crippen molar-refractivity contribution in [2.75, 3.05) is 0 Å². The summed E-state index contributed by atoms with van der Waals surface area (Å²) in [5, 5.41) is 8.59. The van der Waals surface area contributed by atoms with Gasteiger partial charge in [-0.1, -0.05) is 0 Å². The van der Waals surface area contributed by atoms with E-state index in [2.05, 4.69) is 25.7 Å². The van der Waals surface area contributed by atoms with E-state index in [0.29, 0.717) is 0 Å². The number of nitriles is 1. The first-order valence-electron chi connectivity index (χ1n) is 3.92. The van der Waals surface area contributed by atoms with Gasteiger partial charge in [-0.2, -0.15) is 5.26 Å². The van der Waals surface area contributed by atoms with E-state index < -0.39 is 12.2 Å². The van der Waals surface area contributed by atoms with E-state index in [9.17, 15) is 13.2 Å². The zero-order valence-corrected chi connectivity index (χ0v) is 9.26. The van der Waals surface area contributed by atoms with E-state index >= 15 is 0 Å². The second-order valence-corrected chi connectivity index (χ2v) is 3.50. The normalized spacial score (nSPS) is 11.0. The maximum Gasteiger partial charge on any atom is 0.574 e. The van der Waals surface area contributed by atoms with Crippen molar-refractivity contribution in [1.29, 1.82) is 5.26 Å². The summed E-state index contributed by atoms with van der Waals surface area (Å²) >= 11 is 2.98. The number of hydrogen-bond acceptors (Lipinski definition) is 4. The van der Waals surface area contributed by atoms with Gasteiger partial charge in [-0.3, -0.25) is 0 Å². The summed E-state index contributed by atoms with van der Waals surface area (Å²) in [6.45, 7) is -0.178. The maximum atomic E-state index is 12.0. The predicted molar refractivity (Wildman–Crippen MR) is 51.2 cm³/mol. The van der Waals surface area contributed by atoms with Crippen molar-refractivity contribution in [3.8, 4) is 11.9 Å². The van der Waals surface area contributed by atoms with Gasteiger partial charge in [-0.25, -0.2) is 4.98 Å². The fourth-order valence-electron chi connectivity index (χ4n) is 0.932. The Kier molecular flexibility index (Phi) is 3.72. The van der Waals surface area contributed by atoms with Crippen molar-refractivity contribution < 1.29 is 17.9 Å². The van der Waals surface area contributed by atoms with Crippen molar-refractivity contribution in [2.45, 2.75) is 12.9 Å². The summed E-state index contributed by atoms with van der Waals surface area (Å²) in [6, 6.07) is 2.90. The molecule has 1 aromatic rings. The van der Waals surface area contributed by atoms with Gasteiger partial charge in [0.1, 0.15) is 6.07 Å². The zero-order valence-electron chi connectivity index (χ0n) is 7.68. The molecule has 0 aromatic carbocycles. The summed E-state index contributed by atoms with van der Waals surface area (Å²) in [7, 11) is 0. The number of halogens is 4. The van der Waals surface area contributed by atoms with Gasteiger partial charge in [-0.05, 0) is 22.0 Å². The lowest BCUT2D eigenvalue weighted by Crippen LogP contribution is -2.20. The Hall–Kier alpha value is -1.33. The van der Waals surface area contributed by atoms with Gasteiger partial charge in [-0.15, -0.1) is 13.2 Å². The molecule has 0 amide bonds. The van der Waals surface area contributed by atoms with Crippen LogP contribution in [0.3, 0.4) is 0 Å². The molecular weight excluding hydrogens is 291 g/mol. The molecular formula is C8H5BrF3N3O. The van der Waals surface area contributed by atoms with Crippen molar-refractivity contribution >= 4 is 15.9 Å². The van der Waals surface area contributed by atoms with E-state index in [0.717, 1.165) is 0 Å². The van der Waals surface area contributed by atoms with Crippen molar-refractivity contribution in [2.24, 2.45) is 5.73 Å². The summed E-state index contributed by atoms with van der Waals surface area (Å²) in [6.07, 6.45) is -4.86. The van der Waals surface area contributed by atoms with Crippen LogP contribution >= 0.6 is 15.9 Å². The zero-order chi connectivity index (χ0) is 12.3. The SMILES string of the molecule is N#Cc1nc(OC(F)(F)F)c(CN)cc1Br. The maximum absolute atomic E-state index is 12.0. The first-order valence-corrected chi connectivity index (χ1v) is 4.72. The molecule has 1 heterocycles. The number of alkyl halides is 3. The Morgan fingerprint density at radius 1 is 1.56 bits per heavy atom. The first kappa shape index (κ1) is 12.7. The molecule has 8 heteroatoms. The molecule has 0 bridgehead atoms. The highest BCUT2D eigenvalue weighted by Crippen LogP contribution is 2.28. The highest BCUT2D eigenvalue weighted by molar-refractivity contribution is 9.10. The van der Waals surface area contributed by atoms with E-state index in [1.54, 1.807) is 6.07 Å². The smallest absolute Gasteiger partial charge is 0.387 e. The minimum Gasteiger partial charge on any atom is -0.387 e. The molecule has 0 atom stereocenters. The Morgan fingerprint density at radius 2 is 2.19 bits per heavy atom. The van der Waals surface area contributed by atoms with Gasteiger partial charge in [0.25, 0.3) is 0 Å².